The smallest absolute Gasteiger partial charge is 0.328 e. The van der Waals surface area contributed by atoms with E-state index in [2.05, 4.69) is 0 Å². The fourth-order valence-electron chi connectivity index (χ4n) is 1.02. The van der Waals surface area contributed by atoms with Crippen LogP contribution in [0.3, 0.4) is 0 Å². The first kappa shape index (κ1) is 10.8. The van der Waals surface area contributed by atoms with Crippen molar-refractivity contribution in [1.82, 2.24) is 0 Å². The molecule has 15 heavy (non-hydrogen) atoms. The number of rotatable bonds is 3. The van der Waals surface area contributed by atoms with E-state index in [9.17, 15) is 19.3 Å². The topological polar surface area (TPSA) is 80.4 Å². The number of para-hydroxylation sites is 1. The molecule has 0 aliphatic heterocycles. The van der Waals surface area contributed by atoms with E-state index in [1.807, 2.05) is 0 Å². The first-order valence-electron chi connectivity index (χ1n) is 3.86. The van der Waals surface area contributed by atoms with Crippen LogP contribution in [0.5, 0.6) is 0 Å². The summed E-state index contributed by atoms with van der Waals surface area (Å²) in [6.07, 6.45) is 1.69. The van der Waals surface area contributed by atoms with Gasteiger partial charge in [0, 0.05) is 6.08 Å². The summed E-state index contributed by atoms with van der Waals surface area (Å²) >= 11 is 0. The van der Waals surface area contributed by atoms with Crippen LogP contribution < -0.4 is 0 Å². The van der Waals surface area contributed by atoms with Crippen molar-refractivity contribution in [1.29, 1.82) is 0 Å². The summed E-state index contributed by atoms with van der Waals surface area (Å²) in [4.78, 5) is 19.8. The van der Waals surface area contributed by atoms with Crippen LogP contribution in [0.2, 0.25) is 0 Å². The van der Waals surface area contributed by atoms with Crippen LogP contribution in [0, 0.1) is 15.9 Å². The Balaban J connectivity index is 3.23. The minimum Gasteiger partial charge on any atom is -0.478 e. The molecule has 0 radical (unpaired) electrons. The quantitative estimate of drug-likeness (QED) is 0.469. The van der Waals surface area contributed by atoms with Gasteiger partial charge in [-0.1, -0.05) is 6.07 Å². The number of hydrogen-bond acceptors (Lipinski definition) is 3. The zero-order chi connectivity index (χ0) is 11.4. The Morgan fingerprint density at radius 1 is 1.53 bits per heavy atom. The standard InChI is InChI=1S/C9H6FNO4/c10-7-3-1-2-6(4-5-8(12)13)9(7)11(14)15/h1-5H,(H,12,13). The Morgan fingerprint density at radius 3 is 2.73 bits per heavy atom. The molecule has 1 rings (SSSR count). The van der Waals surface area contributed by atoms with Gasteiger partial charge in [-0.15, -0.1) is 0 Å². The van der Waals surface area contributed by atoms with E-state index in [1.165, 1.54) is 12.1 Å². The van der Waals surface area contributed by atoms with Gasteiger partial charge in [-0.2, -0.15) is 4.39 Å². The molecule has 6 heteroatoms. The van der Waals surface area contributed by atoms with Gasteiger partial charge in [0.15, 0.2) is 0 Å². The van der Waals surface area contributed by atoms with E-state index >= 15 is 0 Å². The van der Waals surface area contributed by atoms with Crippen LogP contribution in [-0.4, -0.2) is 16.0 Å². The minimum absolute atomic E-state index is 0.0811. The number of aliphatic carboxylic acids is 1. The third kappa shape index (κ3) is 2.60. The van der Waals surface area contributed by atoms with Crippen LogP contribution >= 0.6 is 0 Å². The highest BCUT2D eigenvalue weighted by Crippen LogP contribution is 2.23. The van der Waals surface area contributed by atoms with Crippen molar-refractivity contribution >= 4 is 17.7 Å². The maximum absolute atomic E-state index is 13.0. The summed E-state index contributed by atoms with van der Waals surface area (Å²) < 4.78 is 13.0. The molecule has 78 valence electrons. The number of carboxylic acid groups (broad SMARTS) is 1. The Bertz CT molecular complexity index is 442. The van der Waals surface area contributed by atoms with Crippen molar-refractivity contribution in [3.8, 4) is 0 Å². The predicted octanol–water partition coefficient (Wildman–Crippen LogP) is 1.83. The van der Waals surface area contributed by atoms with Gasteiger partial charge in [0.1, 0.15) is 0 Å². The lowest BCUT2D eigenvalue weighted by Crippen LogP contribution is -1.95. The number of hydrogen-bond donors (Lipinski definition) is 1. The fourth-order valence-corrected chi connectivity index (χ4v) is 1.02. The molecule has 0 aliphatic carbocycles. The van der Waals surface area contributed by atoms with Gasteiger partial charge in [0.05, 0.1) is 10.5 Å². The molecule has 0 bridgehead atoms. The summed E-state index contributed by atoms with van der Waals surface area (Å²) in [5.74, 6) is -2.25. The Hall–Kier alpha value is -2.24. The van der Waals surface area contributed by atoms with E-state index in [0.29, 0.717) is 6.08 Å². The van der Waals surface area contributed by atoms with Crippen LogP contribution in [0.4, 0.5) is 10.1 Å². The monoisotopic (exact) mass is 211 g/mol. The summed E-state index contributed by atoms with van der Waals surface area (Å²) in [6.45, 7) is 0. The second-order valence-electron chi connectivity index (χ2n) is 2.61. The first-order chi connectivity index (χ1) is 7.02. The zero-order valence-corrected chi connectivity index (χ0v) is 7.38. The average Bonchev–Trinajstić information content (AvgIpc) is 2.13. The average molecular weight is 211 g/mol. The van der Waals surface area contributed by atoms with Gasteiger partial charge >= 0.3 is 11.7 Å². The maximum Gasteiger partial charge on any atom is 0.328 e. The highest BCUT2D eigenvalue weighted by molar-refractivity contribution is 5.86. The molecule has 0 aromatic heterocycles. The van der Waals surface area contributed by atoms with Crippen molar-refractivity contribution in [3.05, 3.63) is 45.8 Å². The van der Waals surface area contributed by atoms with Crippen molar-refractivity contribution in [2.24, 2.45) is 0 Å². The van der Waals surface area contributed by atoms with E-state index in [0.717, 1.165) is 12.1 Å². The second kappa shape index (κ2) is 4.32. The number of benzene rings is 1. The molecule has 0 heterocycles. The number of nitrogens with zero attached hydrogens (tertiary/aromatic N) is 1. The van der Waals surface area contributed by atoms with Gasteiger partial charge < -0.3 is 5.11 Å². The number of nitro benzene ring substituents is 1. The summed E-state index contributed by atoms with van der Waals surface area (Å²) in [5, 5.41) is 18.8. The molecule has 5 nitrogen and oxygen atoms in total. The van der Waals surface area contributed by atoms with E-state index in [-0.39, 0.29) is 5.56 Å². The van der Waals surface area contributed by atoms with Crippen molar-refractivity contribution in [2.45, 2.75) is 0 Å². The zero-order valence-electron chi connectivity index (χ0n) is 7.38. The Morgan fingerprint density at radius 2 is 2.20 bits per heavy atom. The normalized spacial score (nSPS) is 10.5. The highest BCUT2D eigenvalue weighted by atomic mass is 19.1. The molecule has 0 amide bonds. The molecule has 0 atom stereocenters. The van der Waals surface area contributed by atoms with Gasteiger partial charge in [-0.05, 0) is 18.2 Å². The molecule has 0 spiro atoms. The second-order valence-corrected chi connectivity index (χ2v) is 2.61. The molecule has 1 aromatic carbocycles. The number of nitro groups is 1. The molecular weight excluding hydrogens is 205 g/mol. The molecule has 0 fully saturated rings. The lowest BCUT2D eigenvalue weighted by atomic mass is 10.1. The number of carbonyl (C=O) groups is 1. The lowest BCUT2D eigenvalue weighted by molar-refractivity contribution is -0.387. The van der Waals surface area contributed by atoms with Crippen LogP contribution in [0.1, 0.15) is 5.56 Å². The Labute approximate surface area is 83.6 Å². The van der Waals surface area contributed by atoms with Gasteiger partial charge in [-0.3, -0.25) is 10.1 Å². The van der Waals surface area contributed by atoms with Crippen molar-refractivity contribution in [2.75, 3.05) is 0 Å². The van der Waals surface area contributed by atoms with Crippen molar-refractivity contribution < 1.29 is 19.2 Å². The minimum atomic E-state index is -1.26. The molecule has 0 saturated carbocycles. The molecule has 0 aliphatic rings. The molecule has 1 N–H and O–H groups in total. The van der Waals surface area contributed by atoms with Crippen LogP contribution in [-0.2, 0) is 4.79 Å². The third-order valence-electron chi connectivity index (χ3n) is 1.61. The third-order valence-corrected chi connectivity index (χ3v) is 1.61. The molecule has 0 unspecified atom stereocenters. The van der Waals surface area contributed by atoms with Gasteiger partial charge in [0.25, 0.3) is 0 Å². The maximum atomic E-state index is 13.0. The van der Waals surface area contributed by atoms with Crippen LogP contribution in [0.25, 0.3) is 6.08 Å². The van der Waals surface area contributed by atoms with E-state index in [1.54, 1.807) is 0 Å². The number of halogens is 1. The Kier molecular flexibility index (Phi) is 3.12. The fraction of sp³-hybridized carbons (Fsp3) is 0. The first-order valence-corrected chi connectivity index (χ1v) is 3.86. The van der Waals surface area contributed by atoms with E-state index in [4.69, 9.17) is 5.11 Å². The van der Waals surface area contributed by atoms with Gasteiger partial charge in [-0.25, -0.2) is 4.79 Å². The van der Waals surface area contributed by atoms with E-state index < -0.39 is 22.4 Å². The summed E-state index contributed by atoms with van der Waals surface area (Å²) in [5.41, 5.74) is -0.808. The lowest BCUT2D eigenvalue weighted by Gasteiger charge is -1.97. The summed E-state index contributed by atoms with van der Waals surface area (Å²) in [6, 6.07) is 3.47. The predicted molar refractivity (Wildman–Crippen MR) is 49.7 cm³/mol. The van der Waals surface area contributed by atoms with Gasteiger partial charge in [0.2, 0.25) is 5.82 Å². The SMILES string of the molecule is O=C(O)C=Cc1cccc(F)c1[N+](=O)[O-]. The molecular formula is C9H6FNO4. The number of carboxylic acids is 1. The molecule has 1 aromatic rings. The van der Waals surface area contributed by atoms with Crippen molar-refractivity contribution in [3.63, 3.8) is 0 Å². The summed E-state index contributed by atoms with van der Waals surface area (Å²) in [7, 11) is 0. The highest BCUT2D eigenvalue weighted by Gasteiger charge is 2.17. The molecule has 0 saturated heterocycles. The largest absolute Gasteiger partial charge is 0.478 e. The van der Waals surface area contributed by atoms with Crippen LogP contribution in [0.15, 0.2) is 24.3 Å².